The van der Waals surface area contributed by atoms with Gasteiger partial charge in [-0.1, -0.05) is 0 Å². The van der Waals surface area contributed by atoms with E-state index >= 15 is 0 Å². The van der Waals surface area contributed by atoms with Crippen molar-refractivity contribution in [1.82, 2.24) is 0 Å². The number of furan rings is 1. The molecule has 1 aromatic heterocycles. The summed E-state index contributed by atoms with van der Waals surface area (Å²) in [7, 11) is 0. The third-order valence-electron chi connectivity index (χ3n) is 2.24. The van der Waals surface area contributed by atoms with E-state index in [9.17, 15) is 0 Å². The molecule has 2 heterocycles. The molecule has 0 aliphatic carbocycles. The van der Waals surface area contributed by atoms with Gasteiger partial charge in [-0.15, -0.1) is 0 Å². The summed E-state index contributed by atoms with van der Waals surface area (Å²) >= 11 is 5.55. The van der Waals surface area contributed by atoms with Crippen molar-refractivity contribution in [2.45, 2.75) is 18.8 Å². The predicted octanol–water partition coefficient (Wildman–Crippen LogP) is 3.65. The van der Waals surface area contributed by atoms with E-state index in [1.807, 2.05) is 17.8 Å². The average molecular weight is 247 g/mol. The largest absolute Gasteiger partial charge is 0.468 e. The Morgan fingerprint density at radius 3 is 2.75 bits per heavy atom. The van der Waals surface area contributed by atoms with Crippen LogP contribution in [0.15, 0.2) is 21.2 Å². The number of halogens is 1. The molecular weight excluding hydrogens is 236 g/mol. The molecule has 1 aromatic rings. The van der Waals surface area contributed by atoms with Gasteiger partial charge in [-0.05, 0) is 46.3 Å². The van der Waals surface area contributed by atoms with E-state index in [1.54, 1.807) is 6.26 Å². The average Bonchev–Trinajstić information content (AvgIpc) is 2.53. The van der Waals surface area contributed by atoms with Crippen LogP contribution in [0.4, 0.5) is 0 Å². The van der Waals surface area contributed by atoms with Crippen molar-refractivity contribution in [3.63, 3.8) is 0 Å². The maximum absolute atomic E-state index is 5.45. The Labute approximate surface area is 85.0 Å². The molecule has 1 aliphatic rings. The van der Waals surface area contributed by atoms with Crippen LogP contribution in [0.25, 0.3) is 0 Å². The van der Waals surface area contributed by atoms with E-state index in [0.29, 0.717) is 5.92 Å². The second-order valence-electron chi connectivity index (χ2n) is 3.02. The van der Waals surface area contributed by atoms with Crippen molar-refractivity contribution in [1.29, 1.82) is 0 Å². The lowest BCUT2D eigenvalue weighted by atomic mass is 10.0. The molecule has 66 valence electrons. The van der Waals surface area contributed by atoms with E-state index in [0.717, 1.165) is 10.2 Å². The molecule has 1 fully saturated rings. The SMILES string of the molecule is Brc1ccoc1C1CCSCC1. The first-order chi connectivity index (χ1) is 5.88. The molecule has 0 N–H and O–H groups in total. The quantitative estimate of drug-likeness (QED) is 0.751. The van der Waals surface area contributed by atoms with Crippen molar-refractivity contribution in [3.05, 3.63) is 22.6 Å². The summed E-state index contributed by atoms with van der Waals surface area (Å²) in [5.74, 6) is 4.35. The topological polar surface area (TPSA) is 13.1 Å². The summed E-state index contributed by atoms with van der Waals surface area (Å²) in [5, 5.41) is 0. The maximum atomic E-state index is 5.45. The van der Waals surface area contributed by atoms with Gasteiger partial charge in [-0.3, -0.25) is 0 Å². The van der Waals surface area contributed by atoms with Crippen molar-refractivity contribution < 1.29 is 4.42 Å². The van der Waals surface area contributed by atoms with Gasteiger partial charge >= 0.3 is 0 Å². The first kappa shape index (κ1) is 8.70. The highest BCUT2D eigenvalue weighted by Crippen LogP contribution is 2.35. The molecule has 1 aliphatic heterocycles. The highest BCUT2D eigenvalue weighted by atomic mass is 79.9. The lowest BCUT2D eigenvalue weighted by Gasteiger charge is -2.19. The van der Waals surface area contributed by atoms with Gasteiger partial charge in [0.25, 0.3) is 0 Å². The van der Waals surface area contributed by atoms with Gasteiger partial charge in [0.1, 0.15) is 5.76 Å². The second kappa shape index (κ2) is 3.88. The van der Waals surface area contributed by atoms with Gasteiger partial charge in [-0.2, -0.15) is 11.8 Å². The summed E-state index contributed by atoms with van der Waals surface area (Å²) in [4.78, 5) is 0. The minimum Gasteiger partial charge on any atom is -0.468 e. The second-order valence-corrected chi connectivity index (χ2v) is 5.10. The number of hydrogen-bond acceptors (Lipinski definition) is 2. The molecule has 0 spiro atoms. The van der Waals surface area contributed by atoms with Crippen molar-refractivity contribution in [2.75, 3.05) is 11.5 Å². The molecule has 1 nitrogen and oxygen atoms in total. The highest BCUT2D eigenvalue weighted by molar-refractivity contribution is 9.10. The van der Waals surface area contributed by atoms with E-state index in [-0.39, 0.29) is 0 Å². The molecule has 1 saturated heterocycles. The van der Waals surface area contributed by atoms with Crippen LogP contribution < -0.4 is 0 Å². The van der Waals surface area contributed by atoms with Gasteiger partial charge in [0.15, 0.2) is 0 Å². The Bertz CT molecular complexity index is 253. The molecule has 3 heteroatoms. The minimum atomic E-state index is 0.649. The zero-order valence-corrected chi connectivity index (χ0v) is 9.16. The van der Waals surface area contributed by atoms with Gasteiger partial charge in [0.05, 0.1) is 10.7 Å². The van der Waals surface area contributed by atoms with Crippen LogP contribution in [0.5, 0.6) is 0 Å². The molecule has 0 amide bonds. The zero-order valence-electron chi connectivity index (χ0n) is 6.75. The monoisotopic (exact) mass is 246 g/mol. The molecule has 0 radical (unpaired) electrons. The fraction of sp³-hybridized carbons (Fsp3) is 0.556. The molecule has 0 bridgehead atoms. The van der Waals surface area contributed by atoms with Crippen LogP contribution in [0.2, 0.25) is 0 Å². The predicted molar refractivity (Wildman–Crippen MR) is 55.7 cm³/mol. The third kappa shape index (κ3) is 1.72. The Morgan fingerprint density at radius 2 is 2.17 bits per heavy atom. The number of hydrogen-bond donors (Lipinski definition) is 0. The van der Waals surface area contributed by atoms with Gasteiger partial charge < -0.3 is 4.42 Å². The maximum Gasteiger partial charge on any atom is 0.121 e. The standard InChI is InChI=1S/C9H11BrOS/c10-8-1-4-11-9(8)7-2-5-12-6-3-7/h1,4,7H,2-3,5-6H2. The Hall–Kier alpha value is 0.110. The summed E-state index contributed by atoms with van der Waals surface area (Å²) in [6.45, 7) is 0. The van der Waals surface area contributed by atoms with E-state index in [2.05, 4.69) is 15.9 Å². The van der Waals surface area contributed by atoms with Gasteiger partial charge in [0.2, 0.25) is 0 Å². The number of rotatable bonds is 1. The first-order valence-electron chi connectivity index (χ1n) is 4.18. The summed E-state index contributed by atoms with van der Waals surface area (Å²) in [5.41, 5.74) is 0. The van der Waals surface area contributed by atoms with Crippen LogP contribution in [0.3, 0.4) is 0 Å². The molecule has 0 unspecified atom stereocenters. The van der Waals surface area contributed by atoms with E-state index in [1.165, 1.54) is 24.3 Å². The lowest BCUT2D eigenvalue weighted by molar-refractivity contribution is 0.444. The normalized spacial score (nSPS) is 19.8. The molecule has 0 atom stereocenters. The molecule has 0 aromatic carbocycles. The fourth-order valence-electron chi connectivity index (χ4n) is 1.56. The summed E-state index contributed by atoms with van der Waals surface area (Å²) < 4.78 is 6.59. The highest BCUT2D eigenvalue weighted by Gasteiger charge is 2.20. The van der Waals surface area contributed by atoms with Crippen molar-refractivity contribution in [3.8, 4) is 0 Å². The lowest BCUT2D eigenvalue weighted by Crippen LogP contribution is -2.07. The van der Waals surface area contributed by atoms with Crippen molar-refractivity contribution in [2.24, 2.45) is 0 Å². The van der Waals surface area contributed by atoms with Gasteiger partial charge in [0, 0.05) is 5.92 Å². The molecular formula is C9H11BrOS. The Balaban J connectivity index is 2.13. The smallest absolute Gasteiger partial charge is 0.121 e. The van der Waals surface area contributed by atoms with Crippen molar-refractivity contribution >= 4 is 27.7 Å². The molecule has 0 saturated carbocycles. The number of thioether (sulfide) groups is 1. The van der Waals surface area contributed by atoms with Crippen LogP contribution in [-0.4, -0.2) is 11.5 Å². The summed E-state index contributed by atoms with van der Waals surface area (Å²) in [6.07, 6.45) is 4.29. The molecule has 2 rings (SSSR count). The van der Waals surface area contributed by atoms with Crippen LogP contribution in [-0.2, 0) is 0 Å². The molecule has 12 heavy (non-hydrogen) atoms. The fourth-order valence-corrected chi connectivity index (χ4v) is 3.19. The first-order valence-corrected chi connectivity index (χ1v) is 6.13. The van der Waals surface area contributed by atoms with Crippen LogP contribution >= 0.6 is 27.7 Å². The van der Waals surface area contributed by atoms with Crippen LogP contribution in [0.1, 0.15) is 24.5 Å². The van der Waals surface area contributed by atoms with E-state index < -0.39 is 0 Å². The van der Waals surface area contributed by atoms with E-state index in [4.69, 9.17) is 4.42 Å². The third-order valence-corrected chi connectivity index (χ3v) is 3.94. The van der Waals surface area contributed by atoms with Crippen LogP contribution in [0, 0.1) is 0 Å². The Kier molecular flexibility index (Phi) is 2.81. The summed E-state index contributed by atoms with van der Waals surface area (Å²) in [6, 6.07) is 1.98. The Morgan fingerprint density at radius 1 is 1.42 bits per heavy atom. The minimum absolute atomic E-state index is 0.649. The van der Waals surface area contributed by atoms with Gasteiger partial charge in [-0.25, -0.2) is 0 Å². The zero-order chi connectivity index (χ0) is 8.39.